The number of Topliss-reactive ketones (excluding diaryl/α,β-unsaturated/α-hetero) is 1. The Kier molecular flexibility index (Phi) is 3.17. The first kappa shape index (κ1) is 9.61. The molecular weight excluding hydrogens is 288 g/mol. The third-order valence-corrected chi connectivity index (χ3v) is 2.17. The molecule has 2 nitrogen and oxygen atoms in total. The summed E-state index contributed by atoms with van der Waals surface area (Å²) in [5.41, 5.74) is 0.389. The van der Waals surface area contributed by atoms with Gasteiger partial charge in [-0.1, -0.05) is 15.9 Å². The van der Waals surface area contributed by atoms with Crippen LogP contribution in [0.1, 0.15) is 10.4 Å². The second-order valence-electron chi connectivity index (χ2n) is 2.11. The van der Waals surface area contributed by atoms with Gasteiger partial charge in [-0.25, -0.2) is 0 Å². The third kappa shape index (κ3) is 2.25. The van der Waals surface area contributed by atoms with E-state index in [4.69, 9.17) is 0 Å². The van der Waals surface area contributed by atoms with Gasteiger partial charge in [-0.15, -0.1) is 0 Å². The number of carbonyl (C=O) groups is 2. The molecule has 0 saturated carbocycles. The molecule has 0 N–H and O–H groups in total. The van der Waals surface area contributed by atoms with Crippen LogP contribution in [0.5, 0.6) is 0 Å². The number of halogens is 2. The molecule has 0 heterocycles. The van der Waals surface area contributed by atoms with Crippen LogP contribution in [0.3, 0.4) is 0 Å². The second-order valence-corrected chi connectivity index (χ2v) is 3.75. The molecule has 62 valence electrons. The van der Waals surface area contributed by atoms with Gasteiger partial charge in [0.2, 0.25) is 5.78 Å². The molecule has 4 heteroatoms. The molecule has 1 aromatic carbocycles. The third-order valence-electron chi connectivity index (χ3n) is 1.28. The van der Waals surface area contributed by atoms with Gasteiger partial charge in [0.15, 0.2) is 0 Å². The van der Waals surface area contributed by atoms with E-state index in [0.717, 1.165) is 4.47 Å². The van der Waals surface area contributed by atoms with Crippen molar-refractivity contribution in [3.05, 3.63) is 34.3 Å². The van der Waals surface area contributed by atoms with E-state index in [1.165, 1.54) is 0 Å². The number of benzene rings is 1. The van der Waals surface area contributed by atoms with E-state index in [9.17, 15) is 9.59 Å². The summed E-state index contributed by atoms with van der Waals surface area (Å²) in [6.07, 6.45) is 0. The Morgan fingerprint density at radius 1 is 1.08 bits per heavy atom. The minimum atomic E-state index is -0.621. The minimum absolute atomic E-state index is 0.389. The van der Waals surface area contributed by atoms with Crippen LogP contribution in [0.2, 0.25) is 0 Å². The van der Waals surface area contributed by atoms with Crippen molar-refractivity contribution in [2.75, 3.05) is 0 Å². The topological polar surface area (TPSA) is 34.1 Å². The van der Waals surface area contributed by atoms with E-state index in [1.54, 1.807) is 24.3 Å². The van der Waals surface area contributed by atoms with Gasteiger partial charge in [0.25, 0.3) is 4.69 Å². The molecule has 0 aliphatic rings. The van der Waals surface area contributed by atoms with Crippen molar-refractivity contribution in [2.24, 2.45) is 0 Å². The van der Waals surface area contributed by atoms with Crippen molar-refractivity contribution in [1.82, 2.24) is 0 Å². The van der Waals surface area contributed by atoms with E-state index < -0.39 is 10.5 Å². The normalized spacial score (nSPS) is 9.50. The van der Waals surface area contributed by atoms with E-state index in [0.29, 0.717) is 5.56 Å². The van der Waals surface area contributed by atoms with Gasteiger partial charge in [-0.3, -0.25) is 9.59 Å². The molecule has 0 unspecified atom stereocenters. The maximum absolute atomic E-state index is 11.0. The number of hydrogen-bond donors (Lipinski definition) is 0. The lowest BCUT2D eigenvalue weighted by Gasteiger charge is -1.94. The first-order valence-corrected chi connectivity index (χ1v) is 4.69. The molecule has 0 aliphatic carbocycles. The van der Waals surface area contributed by atoms with Crippen LogP contribution in [0.4, 0.5) is 0 Å². The van der Waals surface area contributed by atoms with Gasteiger partial charge in [-0.05, 0) is 24.3 Å². The van der Waals surface area contributed by atoms with Gasteiger partial charge >= 0.3 is 0 Å². The van der Waals surface area contributed by atoms with Gasteiger partial charge in [0.05, 0.1) is 0 Å². The molecular formula is C8H4Br2O2. The van der Waals surface area contributed by atoms with Crippen LogP contribution < -0.4 is 0 Å². The lowest BCUT2D eigenvalue weighted by atomic mass is 10.1. The van der Waals surface area contributed by atoms with Crippen molar-refractivity contribution >= 4 is 42.3 Å². The van der Waals surface area contributed by atoms with Crippen molar-refractivity contribution in [3.8, 4) is 0 Å². The lowest BCUT2D eigenvalue weighted by molar-refractivity contribution is -0.106. The van der Waals surface area contributed by atoms with Crippen LogP contribution in [0.15, 0.2) is 28.7 Å². The largest absolute Gasteiger partial charge is 0.284 e. The summed E-state index contributed by atoms with van der Waals surface area (Å²) in [6.45, 7) is 0. The van der Waals surface area contributed by atoms with E-state index in [1.807, 2.05) is 0 Å². The van der Waals surface area contributed by atoms with Gasteiger partial charge in [0.1, 0.15) is 0 Å². The van der Waals surface area contributed by atoms with Crippen molar-refractivity contribution in [2.45, 2.75) is 0 Å². The molecule has 1 rings (SSSR count). The zero-order chi connectivity index (χ0) is 9.14. The summed E-state index contributed by atoms with van der Waals surface area (Å²) in [6, 6.07) is 6.60. The van der Waals surface area contributed by atoms with Crippen LogP contribution in [-0.2, 0) is 4.79 Å². The highest BCUT2D eigenvalue weighted by Gasteiger charge is 2.11. The first-order chi connectivity index (χ1) is 5.61. The first-order valence-electron chi connectivity index (χ1n) is 3.11. The Morgan fingerprint density at radius 2 is 1.58 bits per heavy atom. The Labute approximate surface area is 86.2 Å². The SMILES string of the molecule is O=C(Br)C(=O)c1ccc(Br)cc1. The monoisotopic (exact) mass is 290 g/mol. The van der Waals surface area contributed by atoms with Gasteiger partial charge in [-0.2, -0.15) is 0 Å². The molecule has 1 aromatic rings. The molecule has 0 saturated heterocycles. The van der Waals surface area contributed by atoms with Crippen LogP contribution in [-0.4, -0.2) is 10.5 Å². The fraction of sp³-hybridized carbons (Fsp3) is 0. The predicted octanol–water partition coefficient (Wildman–Crippen LogP) is 2.55. The van der Waals surface area contributed by atoms with E-state index in [-0.39, 0.29) is 0 Å². The average molecular weight is 292 g/mol. The zero-order valence-electron chi connectivity index (χ0n) is 5.88. The Bertz CT molecular complexity index is 316. The molecule has 0 radical (unpaired) electrons. The van der Waals surface area contributed by atoms with Gasteiger partial charge in [0, 0.05) is 26.0 Å². The fourth-order valence-electron chi connectivity index (χ4n) is 0.715. The maximum Gasteiger partial charge on any atom is 0.268 e. The van der Waals surface area contributed by atoms with Crippen LogP contribution in [0, 0.1) is 0 Å². The quantitative estimate of drug-likeness (QED) is 0.477. The van der Waals surface area contributed by atoms with Crippen molar-refractivity contribution in [1.29, 1.82) is 0 Å². The number of carbonyl (C=O) groups excluding carboxylic acids is 2. The fourth-order valence-corrected chi connectivity index (χ4v) is 1.21. The lowest BCUT2D eigenvalue weighted by Crippen LogP contribution is -2.06. The smallest absolute Gasteiger partial charge is 0.268 e. The summed E-state index contributed by atoms with van der Waals surface area (Å²) in [4.78, 5) is 21.6. The zero-order valence-corrected chi connectivity index (χ0v) is 9.05. The minimum Gasteiger partial charge on any atom is -0.284 e. The number of rotatable bonds is 2. The number of hydrogen-bond acceptors (Lipinski definition) is 2. The molecule has 0 atom stereocenters. The molecule has 0 aromatic heterocycles. The summed E-state index contributed by atoms with van der Waals surface area (Å²) in [5, 5.41) is 0. The van der Waals surface area contributed by atoms with Gasteiger partial charge < -0.3 is 0 Å². The summed E-state index contributed by atoms with van der Waals surface area (Å²) >= 11 is 5.82. The molecule has 12 heavy (non-hydrogen) atoms. The molecule has 0 aliphatic heterocycles. The highest BCUT2D eigenvalue weighted by atomic mass is 79.9. The van der Waals surface area contributed by atoms with Crippen LogP contribution in [0.25, 0.3) is 0 Å². The standard InChI is InChI=1S/C8H4Br2O2/c9-6-3-1-5(2-4-6)7(11)8(10)12/h1-4H. The molecule has 0 bridgehead atoms. The average Bonchev–Trinajstić information content (AvgIpc) is 2.04. The van der Waals surface area contributed by atoms with E-state index >= 15 is 0 Å². The molecule has 0 fully saturated rings. The molecule has 0 amide bonds. The molecule has 0 spiro atoms. The maximum atomic E-state index is 11.0. The Balaban J connectivity index is 2.98. The number of ketones is 1. The summed E-state index contributed by atoms with van der Waals surface area (Å²) < 4.78 is 0.255. The summed E-state index contributed by atoms with van der Waals surface area (Å²) in [5.74, 6) is -0.525. The predicted molar refractivity (Wildman–Crippen MR) is 52.4 cm³/mol. The van der Waals surface area contributed by atoms with Crippen LogP contribution >= 0.6 is 31.9 Å². The highest BCUT2D eigenvalue weighted by molar-refractivity contribution is 9.19. The Hall–Kier alpha value is -0.480. The second kappa shape index (κ2) is 3.96. The van der Waals surface area contributed by atoms with E-state index in [2.05, 4.69) is 31.9 Å². The summed E-state index contributed by atoms with van der Waals surface area (Å²) in [7, 11) is 0. The van der Waals surface area contributed by atoms with Crippen molar-refractivity contribution in [3.63, 3.8) is 0 Å². The Morgan fingerprint density at radius 3 is 2.00 bits per heavy atom. The van der Waals surface area contributed by atoms with Crippen molar-refractivity contribution < 1.29 is 9.59 Å². The highest BCUT2D eigenvalue weighted by Crippen LogP contribution is 2.11.